The molecule has 1 fully saturated rings. The van der Waals surface area contributed by atoms with Gasteiger partial charge in [0, 0.05) is 25.6 Å². The second-order valence-corrected chi connectivity index (χ2v) is 7.12. The van der Waals surface area contributed by atoms with Crippen LogP contribution in [-0.2, 0) is 14.3 Å². The van der Waals surface area contributed by atoms with E-state index in [2.05, 4.69) is 0 Å². The number of rotatable bonds is 4. The molecule has 1 aliphatic rings. The van der Waals surface area contributed by atoms with Crippen molar-refractivity contribution < 1.29 is 14.3 Å². The smallest absolute Gasteiger partial charge is 0.229 e. The van der Waals surface area contributed by atoms with E-state index in [-0.39, 0.29) is 23.7 Å². The summed E-state index contributed by atoms with van der Waals surface area (Å²) in [6, 6.07) is 10.0. The second kappa shape index (κ2) is 8.45. The number of thiocarbonyl (C=S) groups is 1. The highest BCUT2D eigenvalue weighted by Gasteiger charge is 2.36. The molecular weight excluding hydrogens is 330 g/mol. The number of hydrogen-bond acceptors (Lipinski definition) is 5. The third-order valence-corrected chi connectivity index (χ3v) is 5.39. The van der Waals surface area contributed by atoms with Crippen molar-refractivity contribution in [2.24, 2.45) is 5.92 Å². The summed E-state index contributed by atoms with van der Waals surface area (Å²) in [5.74, 6) is 0.720. The Kier molecular flexibility index (Phi) is 6.59. The summed E-state index contributed by atoms with van der Waals surface area (Å²) in [5, 5.41) is 0. The molecule has 6 heteroatoms. The minimum atomic E-state index is -0.191. The molecular formula is C17H21NO3S2. The van der Waals surface area contributed by atoms with Gasteiger partial charge in [0.1, 0.15) is 0 Å². The van der Waals surface area contributed by atoms with E-state index in [1.807, 2.05) is 37.3 Å². The number of carbonyl (C=O) groups excluding carboxylic acids is 2. The van der Waals surface area contributed by atoms with Gasteiger partial charge in [0.25, 0.3) is 0 Å². The van der Waals surface area contributed by atoms with Crippen molar-refractivity contribution in [1.29, 1.82) is 0 Å². The topological polar surface area (TPSA) is 46.6 Å². The van der Waals surface area contributed by atoms with E-state index >= 15 is 0 Å². The van der Waals surface area contributed by atoms with Crippen LogP contribution in [0.1, 0.15) is 31.7 Å². The number of nitrogens with zero attached hydrogens (tertiary/aromatic N) is 1. The standard InChI is InChI=1S/C17H21NO3S2/c1-3-21-17(22)23-11-14-10-18(12(2)19)16(20)9-15(14)13-7-5-4-6-8-13/h4-8,14-15H,3,9-11H2,1-2H3/t14-,15-/m0/s1. The summed E-state index contributed by atoms with van der Waals surface area (Å²) in [7, 11) is 0. The lowest BCUT2D eigenvalue weighted by Crippen LogP contribution is -2.46. The van der Waals surface area contributed by atoms with E-state index in [1.165, 1.54) is 23.6 Å². The molecule has 2 amide bonds. The summed E-state index contributed by atoms with van der Waals surface area (Å²) in [5.41, 5.74) is 1.14. The number of likely N-dealkylation sites (tertiary alicyclic amines) is 1. The van der Waals surface area contributed by atoms with Crippen molar-refractivity contribution in [2.75, 3.05) is 18.9 Å². The maximum Gasteiger partial charge on any atom is 0.229 e. The molecule has 0 unspecified atom stereocenters. The average molecular weight is 351 g/mol. The zero-order valence-corrected chi connectivity index (χ0v) is 15.0. The van der Waals surface area contributed by atoms with Gasteiger partial charge >= 0.3 is 0 Å². The Balaban J connectivity index is 2.14. The van der Waals surface area contributed by atoms with E-state index in [9.17, 15) is 9.59 Å². The molecule has 2 atom stereocenters. The number of amides is 2. The van der Waals surface area contributed by atoms with Gasteiger partial charge in [-0.2, -0.15) is 0 Å². The largest absolute Gasteiger partial charge is 0.479 e. The molecule has 0 N–H and O–H groups in total. The van der Waals surface area contributed by atoms with E-state index in [1.54, 1.807) is 0 Å². The summed E-state index contributed by atoms with van der Waals surface area (Å²) in [4.78, 5) is 25.3. The lowest BCUT2D eigenvalue weighted by atomic mass is 9.81. The van der Waals surface area contributed by atoms with E-state index in [4.69, 9.17) is 17.0 Å². The fourth-order valence-electron chi connectivity index (χ4n) is 2.83. The van der Waals surface area contributed by atoms with Gasteiger partial charge in [-0.3, -0.25) is 14.5 Å². The maximum atomic E-state index is 12.3. The molecule has 1 aliphatic heterocycles. The van der Waals surface area contributed by atoms with Crippen molar-refractivity contribution >= 4 is 40.2 Å². The zero-order chi connectivity index (χ0) is 16.8. The molecule has 1 heterocycles. The molecule has 23 heavy (non-hydrogen) atoms. The lowest BCUT2D eigenvalue weighted by Gasteiger charge is -2.37. The Morgan fingerprint density at radius 3 is 2.70 bits per heavy atom. The summed E-state index contributed by atoms with van der Waals surface area (Å²) in [6.07, 6.45) is 0.357. The molecule has 1 aromatic rings. The SMILES string of the molecule is CCOC(=S)SC[C@@H]1CN(C(C)=O)C(=O)C[C@H]1c1ccccc1. The molecule has 124 valence electrons. The quantitative estimate of drug-likeness (QED) is 0.780. The van der Waals surface area contributed by atoms with Gasteiger partial charge < -0.3 is 4.74 Å². The highest BCUT2D eigenvalue weighted by molar-refractivity contribution is 8.22. The second-order valence-electron chi connectivity index (χ2n) is 5.50. The first-order valence-electron chi connectivity index (χ1n) is 7.68. The van der Waals surface area contributed by atoms with E-state index in [0.29, 0.717) is 24.0 Å². The first kappa shape index (κ1) is 17.9. The Bertz CT molecular complexity index is 576. The van der Waals surface area contributed by atoms with Gasteiger partial charge in [0.15, 0.2) is 0 Å². The number of imide groups is 1. The summed E-state index contributed by atoms with van der Waals surface area (Å²) < 4.78 is 5.84. The predicted molar refractivity (Wildman–Crippen MR) is 96.4 cm³/mol. The third kappa shape index (κ3) is 4.78. The minimum Gasteiger partial charge on any atom is -0.479 e. The van der Waals surface area contributed by atoms with Crippen molar-refractivity contribution in [3.63, 3.8) is 0 Å². The molecule has 1 aromatic carbocycles. The number of thioether (sulfide) groups is 1. The predicted octanol–water partition coefficient (Wildman–Crippen LogP) is 3.22. The molecule has 0 radical (unpaired) electrons. The maximum absolute atomic E-state index is 12.3. The Hall–Kier alpha value is -1.40. The highest BCUT2D eigenvalue weighted by Crippen LogP contribution is 2.36. The number of carbonyl (C=O) groups is 2. The first-order valence-corrected chi connectivity index (χ1v) is 9.07. The van der Waals surface area contributed by atoms with Crippen molar-refractivity contribution in [2.45, 2.75) is 26.2 Å². The van der Waals surface area contributed by atoms with Crippen LogP contribution in [0.4, 0.5) is 0 Å². The van der Waals surface area contributed by atoms with Gasteiger partial charge in [-0.05, 0) is 36.5 Å². The molecule has 0 aromatic heterocycles. The molecule has 4 nitrogen and oxygen atoms in total. The van der Waals surface area contributed by atoms with Gasteiger partial charge in [0.05, 0.1) is 6.61 Å². The molecule has 1 saturated heterocycles. The normalized spacial score (nSPS) is 21.1. The molecule has 0 aliphatic carbocycles. The van der Waals surface area contributed by atoms with Crippen LogP contribution in [0.25, 0.3) is 0 Å². The fraction of sp³-hybridized carbons (Fsp3) is 0.471. The lowest BCUT2D eigenvalue weighted by molar-refractivity contribution is -0.147. The van der Waals surface area contributed by atoms with E-state index in [0.717, 1.165) is 11.3 Å². The van der Waals surface area contributed by atoms with Crippen LogP contribution < -0.4 is 0 Å². The van der Waals surface area contributed by atoms with Crippen LogP contribution in [0.15, 0.2) is 30.3 Å². The van der Waals surface area contributed by atoms with Crippen LogP contribution in [0.2, 0.25) is 0 Å². The van der Waals surface area contributed by atoms with Crippen LogP contribution in [0.5, 0.6) is 0 Å². The molecule has 0 saturated carbocycles. The fourth-order valence-corrected chi connectivity index (χ4v) is 4.04. The Labute approximate surface area is 146 Å². The minimum absolute atomic E-state index is 0.0972. The van der Waals surface area contributed by atoms with E-state index < -0.39 is 0 Å². The molecule has 0 spiro atoms. The number of piperidine rings is 1. The first-order chi connectivity index (χ1) is 11.0. The van der Waals surface area contributed by atoms with Gasteiger partial charge in [-0.25, -0.2) is 0 Å². The number of benzene rings is 1. The van der Waals surface area contributed by atoms with Gasteiger partial charge in [-0.15, -0.1) is 0 Å². The monoisotopic (exact) mass is 351 g/mol. The van der Waals surface area contributed by atoms with Gasteiger partial charge in [-0.1, -0.05) is 42.1 Å². The van der Waals surface area contributed by atoms with Crippen LogP contribution in [0.3, 0.4) is 0 Å². The van der Waals surface area contributed by atoms with Crippen molar-refractivity contribution in [1.82, 2.24) is 4.90 Å². The van der Waals surface area contributed by atoms with Gasteiger partial charge in [0.2, 0.25) is 16.2 Å². The Morgan fingerprint density at radius 2 is 2.09 bits per heavy atom. The summed E-state index contributed by atoms with van der Waals surface area (Å²) >= 11 is 6.66. The average Bonchev–Trinajstić information content (AvgIpc) is 2.54. The van der Waals surface area contributed by atoms with Crippen LogP contribution in [0, 0.1) is 5.92 Å². The zero-order valence-electron chi connectivity index (χ0n) is 13.4. The van der Waals surface area contributed by atoms with Crippen molar-refractivity contribution in [3.05, 3.63) is 35.9 Å². The van der Waals surface area contributed by atoms with Crippen molar-refractivity contribution in [3.8, 4) is 0 Å². The number of hydrogen-bond donors (Lipinski definition) is 0. The van der Waals surface area contributed by atoms with Crippen LogP contribution in [-0.4, -0.2) is 40.0 Å². The third-order valence-electron chi connectivity index (χ3n) is 3.97. The highest BCUT2D eigenvalue weighted by atomic mass is 32.2. The molecule has 0 bridgehead atoms. The number of ether oxygens (including phenoxy) is 1. The molecule has 2 rings (SSSR count). The summed E-state index contributed by atoms with van der Waals surface area (Å²) in [6.45, 7) is 4.33. The Morgan fingerprint density at radius 1 is 1.39 bits per heavy atom. The van der Waals surface area contributed by atoms with Crippen LogP contribution >= 0.6 is 24.0 Å².